The Hall–Kier alpha value is -2.14. The first-order valence-corrected chi connectivity index (χ1v) is 8.86. The van der Waals surface area contributed by atoms with Crippen molar-refractivity contribution in [2.45, 2.75) is 31.4 Å². The van der Waals surface area contributed by atoms with Gasteiger partial charge in [0.1, 0.15) is 6.10 Å². The molecule has 0 radical (unpaired) electrons. The highest BCUT2D eigenvalue weighted by molar-refractivity contribution is 5.47. The maximum absolute atomic E-state index is 5.90. The van der Waals surface area contributed by atoms with Gasteiger partial charge >= 0.3 is 6.01 Å². The Labute approximate surface area is 143 Å². The third kappa shape index (κ3) is 3.51. The van der Waals surface area contributed by atoms with Gasteiger partial charge in [-0.05, 0) is 37.5 Å². The van der Waals surface area contributed by atoms with E-state index >= 15 is 0 Å². The van der Waals surface area contributed by atoms with E-state index in [0.717, 1.165) is 39.0 Å². The number of para-hydroxylation sites is 1. The van der Waals surface area contributed by atoms with Crippen LogP contribution in [0.25, 0.3) is 0 Å². The van der Waals surface area contributed by atoms with E-state index in [0.29, 0.717) is 12.1 Å². The van der Waals surface area contributed by atoms with Crippen LogP contribution in [-0.4, -0.2) is 53.2 Å². The zero-order valence-corrected chi connectivity index (χ0v) is 13.9. The molecule has 0 bridgehead atoms. The molecule has 1 aromatic carbocycles. The van der Waals surface area contributed by atoms with Gasteiger partial charge in [0, 0.05) is 50.3 Å². The molecule has 0 spiro atoms. The zero-order valence-electron chi connectivity index (χ0n) is 13.9. The topological polar surface area (TPSA) is 41.5 Å². The van der Waals surface area contributed by atoms with Crippen molar-refractivity contribution in [3.8, 4) is 6.01 Å². The maximum Gasteiger partial charge on any atom is 0.316 e. The van der Waals surface area contributed by atoms with Gasteiger partial charge in [-0.15, -0.1) is 0 Å². The van der Waals surface area contributed by atoms with Gasteiger partial charge in [-0.2, -0.15) is 0 Å². The van der Waals surface area contributed by atoms with Crippen LogP contribution < -0.4 is 9.64 Å². The van der Waals surface area contributed by atoms with Gasteiger partial charge in [-0.3, -0.25) is 4.90 Å². The Morgan fingerprint density at radius 2 is 1.62 bits per heavy atom. The highest BCUT2D eigenvalue weighted by Crippen LogP contribution is 2.25. The molecular weight excluding hydrogens is 300 g/mol. The van der Waals surface area contributed by atoms with E-state index in [1.54, 1.807) is 12.4 Å². The molecule has 0 saturated carbocycles. The van der Waals surface area contributed by atoms with Crippen molar-refractivity contribution in [3.63, 3.8) is 0 Å². The molecule has 0 aliphatic carbocycles. The smallest absolute Gasteiger partial charge is 0.316 e. The first-order valence-electron chi connectivity index (χ1n) is 8.86. The molecule has 5 nitrogen and oxygen atoms in total. The molecule has 1 aromatic heterocycles. The Morgan fingerprint density at radius 3 is 2.38 bits per heavy atom. The van der Waals surface area contributed by atoms with Crippen LogP contribution in [0.4, 0.5) is 5.69 Å². The molecule has 5 heteroatoms. The summed E-state index contributed by atoms with van der Waals surface area (Å²) in [5.74, 6) is 0. The minimum absolute atomic E-state index is 0.246. The van der Waals surface area contributed by atoms with E-state index in [-0.39, 0.29) is 6.10 Å². The zero-order chi connectivity index (χ0) is 16.2. The quantitative estimate of drug-likeness (QED) is 0.865. The molecular formula is C19H24N4O. The van der Waals surface area contributed by atoms with Crippen LogP contribution in [0.15, 0.2) is 48.8 Å². The van der Waals surface area contributed by atoms with Crippen molar-refractivity contribution in [1.29, 1.82) is 0 Å². The minimum Gasteiger partial charge on any atom is -0.460 e. The van der Waals surface area contributed by atoms with E-state index in [2.05, 4.69) is 50.1 Å². The molecule has 0 N–H and O–H groups in total. The van der Waals surface area contributed by atoms with Crippen LogP contribution in [0.3, 0.4) is 0 Å². The highest BCUT2D eigenvalue weighted by atomic mass is 16.5. The van der Waals surface area contributed by atoms with Crippen LogP contribution in [0.2, 0.25) is 0 Å². The van der Waals surface area contributed by atoms with E-state index < -0.39 is 0 Å². The van der Waals surface area contributed by atoms with Gasteiger partial charge < -0.3 is 9.64 Å². The summed E-state index contributed by atoms with van der Waals surface area (Å²) in [7, 11) is 0. The van der Waals surface area contributed by atoms with Crippen LogP contribution in [-0.2, 0) is 0 Å². The number of piperidine rings is 1. The Balaban J connectivity index is 1.27. The van der Waals surface area contributed by atoms with E-state index in [1.807, 2.05) is 6.07 Å². The van der Waals surface area contributed by atoms with Crippen molar-refractivity contribution in [3.05, 3.63) is 48.8 Å². The van der Waals surface area contributed by atoms with Crippen molar-refractivity contribution < 1.29 is 4.74 Å². The molecule has 2 aliphatic heterocycles. The fourth-order valence-electron chi connectivity index (χ4n) is 3.77. The molecule has 4 rings (SSSR count). The van der Waals surface area contributed by atoms with Crippen molar-refractivity contribution in [2.24, 2.45) is 0 Å². The number of hydrogen-bond donors (Lipinski definition) is 0. The molecule has 3 heterocycles. The number of nitrogens with zero attached hydrogens (tertiary/aromatic N) is 4. The summed E-state index contributed by atoms with van der Waals surface area (Å²) in [6, 6.07) is 13.7. The van der Waals surface area contributed by atoms with E-state index in [1.165, 1.54) is 12.1 Å². The fourth-order valence-corrected chi connectivity index (χ4v) is 3.77. The third-order valence-electron chi connectivity index (χ3n) is 5.09. The minimum atomic E-state index is 0.246. The van der Waals surface area contributed by atoms with Gasteiger partial charge in [0.25, 0.3) is 0 Å². The second kappa shape index (κ2) is 7.18. The van der Waals surface area contributed by atoms with Gasteiger partial charge in [0.05, 0.1) is 0 Å². The summed E-state index contributed by atoms with van der Waals surface area (Å²) < 4.78 is 5.90. The summed E-state index contributed by atoms with van der Waals surface area (Å²) in [4.78, 5) is 13.5. The monoisotopic (exact) mass is 324 g/mol. The third-order valence-corrected chi connectivity index (χ3v) is 5.09. The number of hydrogen-bond acceptors (Lipinski definition) is 5. The lowest BCUT2D eigenvalue weighted by Crippen LogP contribution is -2.45. The number of rotatable bonds is 4. The molecule has 2 aromatic rings. The molecule has 1 atom stereocenters. The Morgan fingerprint density at radius 1 is 0.875 bits per heavy atom. The second-order valence-electron chi connectivity index (χ2n) is 6.61. The van der Waals surface area contributed by atoms with Gasteiger partial charge in [-0.25, -0.2) is 9.97 Å². The van der Waals surface area contributed by atoms with Crippen LogP contribution >= 0.6 is 0 Å². The van der Waals surface area contributed by atoms with Crippen molar-refractivity contribution in [2.75, 3.05) is 31.1 Å². The normalized spacial score (nSPS) is 22.7. The second-order valence-corrected chi connectivity index (χ2v) is 6.61. The maximum atomic E-state index is 5.90. The molecule has 126 valence electrons. The predicted octanol–water partition coefficient (Wildman–Crippen LogP) is 2.60. The van der Waals surface area contributed by atoms with Crippen LogP contribution in [0.1, 0.15) is 19.3 Å². The van der Waals surface area contributed by atoms with Gasteiger partial charge in [-0.1, -0.05) is 18.2 Å². The fraction of sp³-hybridized carbons (Fsp3) is 0.474. The lowest BCUT2D eigenvalue weighted by molar-refractivity contribution is 0.0744. The number of likely N-dealkylation sites (tertiary alicyclic amines) is 1. The summed E-state index contributed by atoms with van der Waals surface area (Å²) in [5, 5.41) is 0. The summed E-state index contributed by atoms with van der Waals surface area (Å²) in [6.45, 7) is 4.50. The van der Waals surface area contributed by atoms with Gasteiger partial charge in [0.2, 0.25) is 0 Å². The Bertz CT molecular complexity index is 628. The first kappa shape index (κ1) is 15.4. The predicted molar refractivity (Wildman–Crippen MR) is 94.3 cm³/mol. The summed E-state index contributed by atoms with van der Waals surface area (Å²) >= 11 is 0. The van der Waals surface area contributed by atoms with Crippen molar-refractivity contribution in [1.82, 2.24) is 14.9 Å². The lowest BCUT2D eigenvalue weighted by atomic mass is 10.1. The average molecular weight is 324 g/mol. The average Bonchev–Trinajstić information content (AvgIpc) is 3.14. The molecule has 0 amide bonds. The van der Waals surface area contributed by atoms with Gasteiger partial charge in [0.15, 0.2) is 0 Å². The number of anilines is 1. The van der Waals surface area contributed by atoms with Crippen molar-refractivity contribution >= 4 is 5.69 Å². The Kier molecular flexibility index (Phi) is 4.60. The molecule has 2 aliphatic rings. The molecule has 24 heavy (non-hydrogen) atoms. The summed E-state index contributed by atoms with van der Waals surface area (Å²) in [5.41, 5.74) is 1.35. The first-order chi connectivity index (χ1) is 11.9. The largest absolute Gasteiger partial charge is 0.460 e. The van der Waals surface area contributed by atoms with Crippen LogP contribution in [0.5, 0.6) is 6.01 Å². The summed E-state index contributed by atoms with van der Waals surface area (Å²) in [6.07, 6.45) is 7.07. The number of aromatic nitrogens is 2. The molecule has 2 saturated heterocycles. The van der Waals surface area contributed by atoms with E-state index in [9.17, 15) is 0 Å². The standard InChI is InChI=1S/C19H24N4O/c1-2-5-16(6-3-1)23-12-7-17(15-23)22-13-8-18(9-14-22)24-19-20-10-4-11-21-19/h1-6,10-11,17-18H,7-9,12-15H2. The van der Waals surface area contributed by atoms with Crippen LogP contribution in [0, 0.1) is 0 Å². The highest BCUT2D eigenvalue weighted by Gasteiger charge is 2.31. The SMILES string of the molecule is c1ccc(N2CCC(N3CCC(Oc4ncccn4)CC3)C2)cc1. The van der Waals surface area contributed by atoms with E-state index in [4.69, 9.17) is 4.74 Å². The number of ether oxygens (including phenoxy) is 1. The lowest BCUT2D eigenvalue weighted by Gasteiger charge is -2.35. The molecule has 2 fully saturated rings. The number of benzene rings is 1. The molecule has 1 unspecified atom stereocenters.